The van der Waals surface area contributed by atoms with Gasteiger partial charge in [0.1, 0.15) is 17.3 Å². The van der Waals surface area contributed by atoms with Crippen molar-refractivity contribution in [2.75, 3.05) is 25.7 Å². The van der Waals surface area contributed by atoms with Gasteiger partial charge in [0.05, 0.1) is 38.0 Å². The summed E-state index contributed by atoms with van der Waals surface area (Å²) < 4.78 is 15.9. The van der Waals surface area contributed by atoms with Crippen molar-refractivity contribution in [1.82, 2.24) is 0 Å². The van der Waals surface area contributed by atoms with Gasteiger partial charge in [-0.15, -0.1) is 0 Å². The first-order chi connectivity index (χ1) is 18.2. The number of aliphatic hydroxyl groups is 1. The molecule has 1 N–H and O–H groups in total. The number of methoxy groups -OCH3 is 2. The van der Waals surface area contributed by atoms with Crippen LogP contribution in [0.3, 0.4) is 0 Å². The standard InChI is InChI=1S/C30H29NO7/c1-18(2)17-38-24-10-6-8-21(16-24)27(32)25-26(20-7-5-9-23(15-20)36-3)31(29(34)28(25)33)22-13-11-19(12-14-22)30(35)37-4/h5-16,18,26,32H,17H2,1-4H3/b27-25+. The fraction of sp³-hybridized carbons (Fsp3) is 0.233. The lowest BCUT2D eigenvalue weighted by Crippen LogP contribution is -2.29. The molecular formula is C30H29NO7. The molecule has 0 spiro atoms. The van der Waals surface area contributed by atoms with Crippen LogP contribution in [0.25, 0.3) is 5.76 Å². The second-order valence-corrected chi connectivity index (χ2v) is 9.22. The van der Waals surface area contributed by atoms with E-state index >= 15 is 0 Å². The summed E-state index contributed by atoms with van der Waals surface area (Å²) in [6.07, 6.45) is 0. The van der Waals surface area contributed by atoms with Gasteiger partial charge in [0, 0.05) is 11.3 Å². The van der Waals surface area contributed by atoms with Crippen LogP contribution >= 0.6 is 0 Å². The molecule has 1 aliphatic heterocycles. The fourth-order valence-corrected chi connectivity index (χ4v) is 4.25. The smallest absolute Gasteiger partial charge is 0.337 e. The molecule has 0 aliphatic carbocycles. The van der Waals surface area contributed by atoms with Gasteiger partial charge in [-0.2, -0.15) is 0 Å². The second kappa shape index (κ2) is 11.2. The Hall–Kier alpha value is -4.59. The molecule has 1 atom stereocenters. The SMILES string of the molecule is COC(=O)c1ccc(N2C(=O)C(=O)/C(=C(/O)c3cccc(OCC(C)C)c3)C2c2cccc(OC)c2)cc1. The molecule has 3 aromatic carbocycles. The van der Waals surface area contributed by atoms with Crippen molar-refractivity contribution in [3.05, 3.63) is 95.1 Å². The van der Waals surface area contributed by atoms with E-state index < -0.39 is 23.7 Å². The second-order valence-electron chi connectivity index (χ2n) is 9.22. The number of rotatable bonds is 8. The third-order valence-electron chi connectivity index (χ3n) is 6.11. The lowest BCUT2D eigenvalue weighted by atomic mass is 9.95. The molecule has 0 aromatic heterocycles. The van der Waals surface area contributed by atoms with Crippen LogP contribution in [-0.2, 0) is 14.3 Å². The Morgan fingerprint density at radius 2 is 1.61 bits per heavy atom. The van der Waals surface area contributed by atoms with Gasteiger partial charge in [0.2, 0.25) is 0 Å². The molecule has 0 radical (unpaired) electrons. The molecule has 1 unspecified atom stereocenters. The lowest BCUT2D eigenvalue weighted by Gasteiger charge is -2.26. The van der Waals surface area contributed by atoms with Gasteiger partial charge < -0.3 is 19.3 Å². The van der Waals surface area contributed by atoms with Crippen molar-refractivity contribution in [3.8, 4) is 11.5 Å². The number of carbonyl (C=O) groups is 3. The minimum Gasteiger partial charge on any atom is -0.507 e. The van der Waals surface area contributed by atoms with Crippen LogP contribution < -0.4 is 14.4 Å². The highest BCUT2D eigenvalue weighted by Gasteiger charge is 2.47. The monoisotopic (exact) mass is 515 g/mol. The Balaban J connectivity index is 1.86. The van der Waals surface area contributed by atoms with E-state index in [0.29, 0.717) is 46.4 Å². The van der Waals surface area contributed by atoms with E-state index in [1.54, 1.807) is 60.7 Å². The Morgan fingerprint density at radius 3 is 2.26 bits per heavy atom. The van der Waals surface area contributed by atoms with Crippen LogP contribution in [0.5, 0.6) is 11.5 Å². The highest BCUT2D eigenvalue weighted by atomic mass is 16.5. The average Bonchev–Trinajstić information content (AvgIpc) is 3.21. The number of carbonyl (C=O) groups excluding carboxylic acids is 3. The summed E-state index contributed by atoms with van der Waals surface area (Å²) in [6, 6.07) is 18.9. The average molecular weight is 516 g/mol. The molecule has 4 rings (SSSR count). The topological polar surface area (TPSA) is 102 Å². The Morgan fingerprint density at radius 1 is 0.921 bits per heavy atom. The number of esters is 1. The molecule has 1 heterocycles. The first-order valence-corrected chi connectivity index (χ1v) is 12.1. The number of Topliss-reactive ketones (excluding diaryl/α,β-unsaturated/α-hetero) is 1. The predicted octanol–water partition coefficient (Wildman–Crippen LogP) is 5.14. The van der Waals surface area contributed by atoms with Crippen molar-refractivity contribution in [1.29, 1.82) is 0 Å². The van der Waals surface area contributed by atoms with Crippen molar-refractivity contribution in [2.45, 2.75) is 19.9 Å². The molecule has 8 nitrogen and oxygen atoms in total. The van der Waals surface area contributed by atoms with E-state index in [1.165, 1.54) is 31.3 Å². The molecule has 1 saturated heterocycles. The number of nitrogens with zero attached hydrogens (tertiary/aromatic N) is 1. The molecule has 38 heavy (non-hydrogen) atoms. The van der Waals surface area contributed by atoms with E-state index in [0.717, 1.165) is 0 Å². The molecule has 8 heteroatoms. The molecule has 1 fully saturated rings. The number of hydrogen-bond acceptors (Lipinski definition) is 7. The van der Waals surface area contributed by atoms with Crippen molar-refractivity contribution in [2.24, 2.45) is 5.92 Å². The third-order valence-corrected chi connectivity index (χ3v) is 6.11. The van der Waals surface area contributed by atoms with Crippen LogP contribution in [0, 0.1) is 5.92 Å². The predicted molar refractivity (Wildman–Crippen MR) is 142 cm³/mol. The van der Waals surface area contributed by atoms with Crippen LogP contribution in [-0.4, -0.2) is 43.6 Å². The number of ether oxygens (including phenoxy) is 3. The molecule has 1 amide bonds. The highest BCUT2D eigenvalue weighted by molar-refractivity contribution is 6.51. The summed E-state index contributed by atoms with van der Waals surface area (Å²) in [4.78, 5) is 40.0. The largest absolute Gasteiger partial charge is 0.507 e. The first-order valence-electron chi connectivity index (χ1n) is 12.1. The number of anilines is 1. The van der Waals surface area contributed by atoms with Gasteiger partial charge in [-0.1, -0.05) is 38.1 Å². The molecule has 1 aliphatic rings. The minimum absolute atomic E-state index is 0.0682. The maximum Gasteiger partial charge on any atom is 0.337 e. The summed E-state index contributed by atoms with van der Waals surface area (Å²) in [5, 5.41) is 11.4. The summed E-state index contributed by atoms with van der Waals surface area (Å²) in [5.74, 6) is -1.12. The first kappa shape index (κ1) is 26.5. The Kier molecular flexibility index (Phi) is 7.81. The summed E-state index contributed by atoms with van der Waals surface area (Å²) in [7, 11) is 2.80. The number of aliphatic hydroxyl groups excluding tert-OH is 1. The maximum absolute atomic E-state index is 13.4. The van der Waals surface area contributed by atoms with Crippen LogP contribution in [0.1, 0.15) is 41.4 Å². The fourth-order valence-electron chi connectivity index (χ4n) is 4.25. The summed E-state index contributed by atoms with van der Waals surface area (Å²) in [5.41, 5.74) is 1.51. The summed E-state index contributed by atoms with van der Waals surface area (Å²) in [6.45, 7) is 4.54. The molecular weight excluding hydrogens is 486 g/mol. The Labute approximate surface area is 221 Å². The van der Waals surface area contributed by atoms with Gasteiger partial charge in [-0.25, -0.2) is 4.79 Å². The third kappa shape index (κ3) is 5.25. The highest BCUT2D eigenvalue weighted by Crippen LogP contribution is 2.43. The van der Waals surface area contributed by atoms with E-state index in [9.17, 15) is 19.5 Å². The Bertz CT molecular complexity index is 1390. The molecule has 0 bridgehead atoms. The maximum atomic E-state index is 13.4. The van der Waals surface area contributed by atoms with Gasteiger partial charge in [0.15, 0.2) is 0 Å². The van der Waals surface area contributed by atoms with Gasteiger partial charge in [-0.05, 0) is 60.0 Å². The zero-order valence-corrected chi connectivity index (χ0v) is 21.6. The summed E-state index contributed by atoms with van der Waals surface area (Å²) >= 11 is 0. The van der Waals surface area contributed by atoms with Gasteiger partial charge in [-0.3, -0.25) is 14.5 Å². The van der Waals surface area contributed by atoms with Crippen molar-refractivity contribution < 1.29 is 33.7 Å². The zero-order valence-electron chi connectivity index (χ0n) is 21.6. The lowest BCUT2D eigenvalue weighted by molar-refractivity contribution is -0.132. The molecule has 3 aromatic rings. The van der Waals surface area contributed by atoms with Crippen molar-refractivity contribution >= 4 is 29.1 Å². The van der Waals surface area contributed by atoms with E-state index in [2.05, 4.69) is 0 Å². The number of hydrogen-bond donors (Lipinski definition) is 1. The number of amides is 1. The van der Waals surface area contributed by atoms with Crippen LogP contribution in [0.2, 0.25) is 0 Å². The normalized spacial score (nSPS) is 16.6. The van der Waals surface area contributed by atoms with Gasteiger partial charge in [0.25, 0.3) is 11.7 Å². The zero-order chi connectivity index (χ0) is 27.4. The van der Waals surface area contributed by atoms with E-state index in [1.807, 2.05) is 13.8 Å². The number of benzene rings is 3. The molecule has 0 saturated carbocycles. The van der Waals surface area contributed by atoms with Gasteiger partial charge >= 0.3 is 5.97 Å². The van der Waals surface area contributed by atoms with Crippen LogP contribution in [0.15, 0.2) is 78.4 Å². The quantitative estimate of drug-likeness (QED) is 0.192. The minimum atomic E-state index is -0.950. The van der Waals surface area contributed by atoms with E-state index in [-0.39, 0.29) is 11.3 Å². The van der Waals surface area contributed by atoms with Crippen molar-refractivity contribution in [3.63, 3.8) is 0 Å². The van der Waals surface area contributed by atoms with E-state index in [4.69, 9.17) is 14.2 Å². The number of ketones is 1. The van der Waals surface area contributed by atoms with Crippen LogP contribution in [0.4, 0.5) is 5.69 Å². The molecule has 196 valence electrons.